The molecule has 4 heteroatoms. The molecule has 0 spiro atoms. The molecule has 0 amide bonds. The van der Waals surface area contributed by atoms with Crippen LogP contribution < -0.4 is 10.7 Å². The van der Waals surface area contributed by atoms with Gasteiger partial charge in [0.2, 0.25) is 0 Å². The van der Waals surface area contributed by atoms with Gasteiger partial charge in [0.25, 0.3) is 0 Å². The van der Waals surface area contributed by atoms with Crippen LogP contribution in [0.2, 0.25) is 0 Å². The van der Waals surface area contributed by atoms with E-state index in [1.165, 1.54) is 5.70 Å². The lowest BCUT2D eigenvalue weighted by atomic mass is 10.1. The maximum absolute atomic E-state index is 4.39. The molecule has 0 aromatic heterocycles. The normalized spacial score (nSPS) is 26.9. The van der Waals surface area contributed by atoms with Crippen molar-refractivity contribution in [2.45, 2.75) is 26.3 Å². The van der Waals surface area contributed by atoms with Crippen molar-refractivity contribution in [3.63, 3.8) is 0 Å². The molecule has 2 heterocycles. The Morgan fingerprint density at radius 1 is 1.46 bits per heavy atom. The number of hydrogen-bond acceptors (Lipinski definition) is 4. The Kier molecular flexibility index (Phi) is 2.04. The van der Waals surface area contributed by atoms with Gasteiger partial charge in [-0.25, -0.2) is 0 Å². The summed E-state index contributed by atoms with van der Waals surface area (Å²) in [6.45, 7) is 4.78. The van der Waals surface area contributed by atoms with E-state index in [1.807, 2.05) is 6.92 Å². The van der Waals surface area contributed by atoms with E-state index in [9.17, 15) is 0 Å². The van der Waals surface area contributed by atoms with Crippen molar-refractivity contribution < 1.29 is 0 Å². The fraction of sp³-hybridized carbons (Fsp3) is 0.556. The quantitative estimate of drug-likeness (QED) is 0.618. The molecule has 1 atom stereocenters. The highest BCUT2D eigenvalue weighted by Crippen LogP contribution is 2.09. The summed E-state index contributed by atoms with van der Waals surface area (Å²) in [5, 5.41) is 7.31. The third-order valence-electron chi connectivity index (χ3n) is 2.25. The number of rotatable bonds is 1. The van der Waals surface area contributed by atoms with Crippen LogP contribution in [0.5, 0.6) is 0 Å². The van der Waals surface area contributed by atoms with Crippen LogP contribution in [-0.4, -0.2) is 24.1 Å². The van der Waals surface area contributed by atoms with Gasteiger partial charge in [-0.05, 0) is 19.9 Å². The highest BCUT2D eigenvalue weighted by atomic mass is 15.3. The number of nitrogens with zero attached hydrogens (tertiary/aromatic N) is 2. The van der Waals surface area contributed by atoms with E-state index in [-0.39, 0.29) is 6.04 Å². The second kappa shape index (κ2) is 3.20. The van der Waals surface area contributed by atoms with Gasteiger partial charge in [0.1, 0.15) is 6.67 Å². The molecule has 0 aliphatic carbocycles. The molecule has 0 bridgehead atoms. The van der Waals surface area contributed by atoms with Gasteiger partial charge in [-0.3, -0.25) is 4.99 Å². The first-order valence-electron chi connectivity index (χ1n) is 4.51. The van der Waals surface area contributed by atoms with Crippen LogP contribution in [0.25, 0.3) is 0 Å². The summed E-state index contributed by atoms with van der Waals surface area (Å²) in [5.74, 6) is 0. The van der Waals surface area contributed by atoms with Crippen molar-refractivity contribution in [3.05, 3.63) is 11.8 Å². The van der Waals surface area contributed by atoms with E-state index in [2.05, 4.69) is 33.8 Å². The van der Waals surface area contributed by atoms with E-state index in [4.69, 9.17) is 0 Å². The molecule has 2 aliphatic heterocycles. The Morgan fingerprint density at radius 3 is 2.92 bits per heavy atom. The van der Waals surface area contributed by atoms with E-state index >= 15 is 0 Å². The highest BCUT2D eigenvalue weighted by molar-refractivity contribution is 6.04. The van der Waals surface area contributed by atoms with Crippen molar-refractivity contribution in [3.8, 4) is 0 Å². The molecular weight excluding hydrogens is 164 g/mol. The van der Waals surface area contributed by atoms with Crippen molar-refractivity contribution >= 4 is 11.4 Å². The molecule has 2 rings (SSSR count). The fourth-order valence-electron chi connectivity index (χ4n) is 1.53. The van der Waals surface area contributed by atoms with Gasteiger partial charge in [0, 0.05) is 17.8 Å². The Hall–Kier alpha value is -1.32. The summed E-state index contributed by atoms with van der Waals surface area (Å²) in [4.78, 5) is 4.39. The molecular formula is C9H14N4. The zero-order valence-corrected chi connectivity index (χ0v) is 7.96. The standard InChI is InChI=1S/C9H14N4/c1-6-3-8(11-5-10-6)9-4-7(2)12-13-9/h3,9-10,13H,4-5H2,1-2H3. The van der Waals surface area contributed by atoms with E-state index < -0.39 is 0 Å². The summed E-state index contributed by atoms with van der Waals surface area (Å²) < 4.78 is 0. The predicted octanol–water partition coefficient (Wildman–Crippen LogP) is 0.630. The average molecular weight is 178 g/mol. The van der Waals surface area contributed by atoms with Crippen LogP contribution in [0.3, 0.4) is 0 Å². The molecule has 2 aliphatic rings. The SMILES string of the molecule is CC1=CC(C2CC(C)=NN2)=NCN1. The van der Waals surface area contributed by atoms with Crippen molar-refractivity contribution in [1.29, 1.82) is 0 Å². The second-order valence-corrected chi connectivity index (χ2v) is 3.48. The molecule has 0 aromatic rings. The van der Waals surface area contributed by atoms with Crippen LogP contribution in [0.4, 0.5) is 0 Å². The molecule has 2 N–H and O–H groups in total. The minimum atomic E-state index is 0.289. The van der Waals surface area contributed by atoms with Gasteiger partial charge in [0.15, 0.2) is 0 Å². The molecule has 0 fully saturated rings. The van der Waals surface area contributed by atoms with Crippen LogP contribution in [-0.2, 0) is 0 Å². The van der Waals surface area contributed by atoms with Crippen LogP contribution in [0, 0.1) is 0 Å². The lowest BCUT2D eigenvalue weighted by molar-refractivity contribution is 0.707. The van der Waals surface area contributed by atoms with E-state index in [1.54, 1.807) is 0 Å². The minimum Gasteiger partial charge on any atom is -0.370 e. The maximum atomic E-state index is 4.39. The van der Waals surface area contributed by atoms with Gasteiger partial charge in [-0.2, -0.15) is 5.10 Å². The predicted molar refractivity (Wildman–Crippen MR) is 53.8 cm³/mol. The first-order chi connectivity index (χ1) is 6.25. The van der Waals surface area contributed by atoms with Gasteiger partial charge in [-0.15, -0.1) is 0 Å². The van der Waals surface area contributed by atoms with Gasteiger partial charge < -0.3 is 10.7 Å². The number of hydrogen-bond donors (Lipinski definition) is 2. The summed E-state index contributed by atoms with van der Waals surface area (Å²) in [7, 11) is 0. The summed E-state index contributed by atoms with van der Waals surface area (Å²) in [6.07, 6.45) is 3.05. The number of nitrogens with one attached hydrogen (secondary N) is 2. The number of aliphatic imine (C=N–C) groups is 1. The average Bonchev–Trinajstić information content (AvgIpc) is 2.52. The fourth-order valence-corrected chi connectivity index (χ4v) is 1.53. The minimum absolute atomic E-state index is 0.289. The molecule has 0 saturated heterocycles. The van der Waals surface area contributed by atoms with E-state index in [0.717, 1.165) is 17.8 Å². The zero-order chi connectivity index (χ0) is 9.26. The highest BCUT2D eigenvalue weighted by Gasteiger charge is 2.20. The smallest absolute Gasteiger partial charge is 0.107 e. The van der Waals surface area contributed by atoms with E-state index in [0.29, 0.717) is 6.67 Å². The molecule has 1 unspecified atom stereocenters. The largest absolute Gasteiger partial charge is 0.370 e. The Balaban J connectivity index is 2.07. The van der Waals surface area contributed by atoms with Gasteiger partial charge in [-0.1, -0.05) is 0 Å². The zero-order valence-electron chi connectivity index (χ0n) is 7.96. The van der Waals surface area contributed by atoms with Gasteiger partial charge >= 0.3 is 0 Å². The molecule has 0 radical (unpaired) electrons. The van der Waals surface area contributed by atoms with Crippen molar-refractivity contribution in [1.82, 2.24) is 10.7 Å². The lowest BCUT2D eigenvalue weighted by Gasteiger charge is -2.16. The third-order valence-corrected chi connectivity index (χ3v) is 2.25. The number of allylic oxidation sites excluding steroid dienone is 1. The third kappa shape index (κ3) is 1.71. The first-order valence-corrected chi connectivity index (χ1v) is 4.51. The summed E-state index contributed by atoms with van der Waals surface area (Å²) in [6, 6.07) is 0.289. The van der Waals surface area contributed by atoms with Crippen molar-refractivity contribution in [2.24, 2.45) is 10.1 Å². The molecule has 70 valence electrons. The van der Waals surface area contributed by atoms with Crippen LogP contribution in [0.1, 0.15) is 20.3 Å². The Labute approximate surface area is 77.8 Å². The Bertz CT molecular complexity index is 301. The first kappa shape index (κ1) is 8.29. The summed E-state index contributed by atoms with van der Waals surface area (Å²) >= 11 is 0. The van der Waals surface area contributed by atoms with Crippen LogP contribution in [0.15, 0.2) is 21.9 Å². The molecule has 13 heavy (non-hydrogen) atoms. The topological polar surface area (TPSA) is 48.8 Å². The van der Waals surface area contributed by atoms with Crippen molar-refractivity contribution in [2.75, 3.05) is 6.67 Å². The van der Waals surface area contributed by atoms with Crippen LogP contribution >= 0.6 is 0 Å². The second-order valence-electron chi connectivity index (χ2n) is 3.48. The lowest BCUT2D eigenvalue weighted by Crippen LogP contribution is -2.32. The maximum Gasteiger partial charge on any atom is 0.107 e. The number of hydrazone groups is 1. The molecule has 0 aromatic carbocycles. The van der Waals surface area contributed by atoms with Gasteiger partial charge in [0.05, 0.1) is 11.8 Å². The molecule has 0 saturated carbocycles. The summed E-state index contributed by atoms with van der Waals surface area (Å²) in [5.41, 5.74) is 6.52. The monoisotopic (exact) mass is 178 g/mol. The molecule has 4 nitrogen and oxygen atoms in total. The Morgan fingerprint density at radius 2 is 2.31 bits per heavy atom.